The Bertz CT molecular complexity index is 1100. The van der Waals surface area contributed by atoms with Crippen molar-refractivity contribution >= 4 is 66.5 Å². The fourth-order valence-corrected chi connectivity index (χ4v) is 4.85. The standard InChI is InChI=1S/C11H11N3OS2.C4H6N4O3S2.CH4/c1-8(15)12-10-13-14-11(17-10)16-7-9-5-3-2-4-6-9;1-2(9)6-3-7-8-4(12-3)13(5,10)11;/h2-6H,7H2,1H3,(H,12,13,15);1H3,(H2,5,10,11)(H,6,7,9);1H4. The molecule has 3 aromatic rings. The number of rotatable bonds is 6. The molecule has 0 saturated heterocycles. The van der Waals surface area contributed by atoms with Crippen LogP contribution in [0.5, 0.6) is 0 Å². The average Bonchev–Trinajstić information content (AvgIpc) is 3.30. The highest BCUT2D eigenvalue weighted by Gasteiger charge is 2.15. The molecule has 4 N–H and O–H groups in total. The van der Waals surface area contributed by atoms with E-state index in [1.807, 2.05) is 18.2 Å². The van der Waals surface area contributed by atoms with Gasteiger partial charge >= 0.3 is 0 Å². The van der Waals surface area contributed by atoms with Crippen LogP contribution >= 0.6 is 34.4 Å². The smallest absolute Gasteiger partial charge is 0.267 e. The van der Waals surface area contributed by atoms with Gasteiger partial charge < -0.3 is 10.6 Å². The Labute approximate surface area is 191 Å². The molecule has 2 aromatic heterocycles. The second-order valence-corrected chi connectivity index (χ2v) is 10.3. The van der Waals surface area contributed by atoms with Gasteiger partial charge in [0.2, 0.25) is 26.4 Å². The largest absolute Gasteiger partial charge is 0.301 e. The van der Waals surface area contributed by atoms with Crippen LogP contribution in [0, 0.1) is 0 Å². The molecule has 31 heavy (non-hydrogen) atoms. The van der Waals surface area contributed by atoms with E-state index in [2.05, 4.69) is 43.2 Å². The van der Waals surface area contributed by atoms with Crippen molar-refractivity contribution in [2.45, 2.75) is 35.7 Å². The van der Waals surface area contributed by atoms with Gasteiger partial charge in [0.25, 0.3) is 10.0 Å². The van der Waals surface area contributed by atoms with E-state index in [0.29, 0.717) is 16.5 Å². The third kappa shape index (κ3) is 9.93. The fourth-order valence-electron chi connectivity index (χ4n) is 1.71. The van der Waals surface area contributed by atoms with Crippen molar-refractivity contribution in [1.29, 1.82) is 0 Å². The number of carbonyl (C=O) groups excluding carboxylic acids is 2. The Morgan fingerprint density at radius 3 is 2.03 bits per heavy atom. The van der Waals surface area contributed by atoms with Gasteiger partial charge in [-0.05, 0) is 5.56 Å². The average molecular weight is 504 g/mol. The molecule has 2 amide bonds. The number of nitrogens with one attached hydrogen (secondary N) is 2. The maximum Gasteiger partial charge on any atom is 0.267 e. The minimum absolute atomic E-state index is 0. The van der Waals surface area contributed by atoms with Gasteiger partial charge in [0.05, 0.1) is 0 Å². The minimum Gasteiger partial charge on any atom is -0.301 e. The second-order valence-electron chi connectivity index (χ2n) is 5.43. The molecule has 1 aromatic carbocycles. The van der Waals surface area contributed by atoms with E-state index in [9.17, 15) is 18.0 Å². The zero-order chi connectivity index (χ0) is 22.1. The molecule has 0 bridgehead atoms. The number of thioether (sulfide) groups is 1. The second kappa shape index (κ2) is 12.4. The van der Waals surface area contributed by atoms with E-state index >= 15 is 0 Å². The summed E-state index contributed by atoms with van der Waals surface area (Å²) in [5.74, 6) is 0.383. The van der Waals surface area contributed by atoms with Crippen molar-refractivity contribution in [3.05, 3.63) is 35.9 Å². The van der Waals surface area contributed by atoms with Crippen LogP contribution in [0.3, 0.4) is 0 Å². The number of hydrogen-bond acceptors (Lipinski definition) is 11. The fraction of sp³-hybridized carbons (Fsp3) is 0.250. The van der Waals surface area contributed by atoms with E-state index in [0.717, 1.165) is 10.1 Å². The number of nitrogens with zero attached hydrogens (tertiary/aromatic N) is 4. The van der Waals surface area contributed by atoms with Crippen molar-refractivity contribution in [1.82, 2.24) is 20.4 Å². The van der Waals surface area contributed by atoms with Gasteiger partial charge in [-0.2, -0.15) is 0 Å². The Hall–Kier alpha value is -2.46. The summed E-state index contributed by atoms with van der Waals surface area (Å²) in [6.07, 6.45) is 0. The minimum atomic E-state index is -3.82. The normalized spacial score (nSPS) is 10.3. The van der Waals surface area contributed by atoms with E-state index in [-0.39, 0.29) is 28.7 Å². The number of anilines is 2. The van der Waals surface area contributed by atoms with Gasteiger partial charge in [0.15, 0.2) is 4.34 Å². The number of sulfonamides is 1. The maximum atomic E-state index is 10.8. The number of nitrogens with two attached hydrogens (primary N) is 1. The quantitative estimate of drug-likeness (QED) is 0.338. The molecule has 0 unspecified atom stereocenters. The lowest BCUT2D eigenvalue weighted by atomic mass is 10.2. The molecule has 0 radical (unpaired) electrons. The number of hydrogen-bond donors (Lipinski definition) is 3. The van der Waals surface area contributed by atoms with Gasteiger partial charge in [0, 0.05) is 19.6 Å². The predicted molar refractivity (Wildman–Crippen MR) is 123 cm³/mol. The number of primary sulfonamides is 1. The van der Waals surface area contributed by atoms with E-state index in [4.69, 9.17) is 5.14 Å². The highest BCUT2D eigenvalue weighted by molar-refractivity contribution is 8.00. The zero-order valence-corrected chi connectivity index (χ0v) is 19.0. The van der Waals surface area contributed by atoms with Crippen LogP contribution < -0.4 is 15.8 Å². The van der Waals surface area contributed by atoms with Crippen molar-refractivity contribution in [2.24, 2.45) is 5.14 Å². The lowest BCUT2D eigenvalue weighted by Gasteiger charge is -1.96. The first-order chi connectivity index (χ1) is 14.1. The first-order valence-electron chi connectivity index (χ1n) is 8.05. The third-order valence-electron chi connectivity index (χ3n) is 2.83. The molecule has 15 heteroatoms. The third-order valence-corrected chi connectivity index (χ3v) is 7.02. The lowest BCUT2D eigenvalue weighted by Crippen LogP contribution is -2.11. The van der Waals surface area contributed by atoms with Crippen LogP contribution in [-0.4, -0.2) is 40.6 Å². The van der Waals surface area contributed by atoms with Crippen molar-refractivity contribution < 1.29 is 18.0 Å². The van der Waals surface area contributed by atoms with Crippen LogP contribution in [0.1, 0.15) is 26.8 Å². The van der Waals surface area contributed by atoms with Gasteiger partial charge in [-0.15, -0.1) is 20.4 Å². The molecular weight excluding hydrogens is 482 g/mol. The van der Waals surface area contributed by atoms with Crippen molar-refractivity contribution in [3.8, 4) is 0 Å². The molecule has 0 saturated carbocycles. The first-order valence-corrected chi connectivity index (χ1v) is 12.2. The monoisotopic (exact) mass is 503 g/mol. The Balaban J connectivity index is 0.000000311. The Morgan fingerprint density at radius 2 is 1.52 bits per heavy atom. The number of benzene rings is 1. The number of carbonyl (C=O) groups is 2. The molecule has 2 heterocycles. The molecule has 0 aliphatic rings. The topological polar surface area (TPSA) is 170 Å². The summed E-state index contributed by atoms with van der Waals surface area (Å²) in [5.41, 5.74) is 1.24. The highest BCUT2D eigenvalue weighted by Crippen LogP contribution is 2.28. The van der Waals surface area contributed by atoms with E-state index in [1.165, 1.54) is 30.7 Å². The van der Waals surface area contributed by atoms with Crippen LogP contribution in [0.25, 0.3) is 0 Å². The summed E-state index contributed by atoms with van der Waals surface area (Å²) < 4.78 is 21.9. The summed E-state index contributed by atoms with van der Waals surface area (Å²) in [6.45, 7) is 2.73. The first kappa shape index (κ1) is 26.6. The molecule has 3 rings (SSSR count). The molecule has 0 atom stereocenters. The van der Waals surface area contributed by atoms with Crippen molar-refractivity contribution in [2.75, 3.05) is 10.6 Å². The molecule has 0 aliphatic heterocycles. The van der Waals surface area contributed by atoms with E-state index < -0.39 is 10.0 Å². The Kier molecular flexibility index (Phi) is 10.6. The van der Waals surface area contributed by atoms with Crippen LogP contribution in [0.4, 0.5) is 10.3 Å². The van der Waals surface area contributed by atoms with E-state index in [1.54, 1.807) is 11.8 Å². The van der Waals surface area contributed by atoms with Gasteiger partial charge in [-0.1, -0.05) is 72.2 Å². The molecule has 0 spiro atoms. The summed E-state index contributed by atoms with van der Waals surface area (Å²) in [5, 5.41) is 24.9. The SMILES string of the molecule is C.CC(=O)Nc1nnc(S(N)(=O)=O)s1.CC(=O)Nc1nnc(SCc2ccccc2)s1. The molecule has 168 valence electrons. The number of amides is 2. The van der Waals surface area contributed by atoms with Gasteiger partial charge in [-0.3, -0.25) is 9.59 Å². The van der Waals surface area contributed by atoms with Gasteiger partial charge in [-0.25, -0.2) is 13.6 Å². The van der Waals surface area contributed by atoms with Gasteiger partial charge in [0.1, 0.15) is 0 Å². The summed E-state index contributed by atoms with van der Waals surface area (Å²) >= 11 is 3.71. The number of aromatic nitrogens is 4. The molecule has 0 fully saturated rings. The lowest BCUT2D eigenvalue weighted by molar-refractivity contribution is -0.115. The molecule has 11 nitrogen and oxygen atoms in total. The van der Waals surface area contributed by atoms with Crippen molar-refractivity contribution in [3.63, 3.8) is 0 Å². The summed E-state index contributed by atoms with van der Waals surface area (Å²) in [4.78, 5) is 21.3. The van der Waals surface area contributed by atoms with Crippen LogP contribution in [-0.2, 0) is 25.4 Å². The zero-order valence-electron chi connectivity index (χ0n) is 15.7. The molecular formula is C16H21N7O4S4. The summed E-state index contributed by atoms with van der Waals surface area (Å²) in [7, 11) is -3.82. The predicted octanol–water partition coefficient (Wildman–Crippen LogP) is 2.57. The molecule has 0 aliphatic carbocycles. The maximum absolute atomic E-state index is 10.8. The van der Waals surface area contributed by atoms with Crippen LogP contribution in [0.15, 0.2) is 39.0 Å². The van der Waals surface area contributed by atoms with Crippen LogP contribution in [0.2, 0.25) is 0 Å². The Morgan fingerprint density at radius 1 is 0.968 bits per heavy atom. The highest BCUT2D eigenvalue weighted by atomic mass is 32.2. The summed E-state index contributed by atoms with van der Waals surface area (Å²) in [6, 6.07) is 10.2.